The number of nitrogens with zero attached hydrogens (tertiary/aromatic N) is 2. The summed E-state index contributed by atoms with van der Waals surface area (Å²) in [7, 11) is 0. The number of nitrogens with one attached hydrogen (secondary N) is 1. The molecule has 2 N–H and O–H groups in total. The summed E-state index contributed by atoms with van der Waals surface area (Å²) in [5, 5.41) is 17.1. The van der Waals surface area contributed by atoms with Crippen LogP contribution in [0.4, 0.5) is 0 Å². The van der Waals surface area contributed by atoms with Crippen molar-refractivity contribution in [1.82, 2.24) is 9.55 Å². The van der Waals surface area contributed by atoms with Gasteiger partial charge in [0, 0.05) is 22.8 Å². The van der Waals surface area contributed by atoms with Crippen LogP contribution < -0.4 is 5.49 Å². The molecule has 0 saturated heterocycles. The number of hydrogen-bond donors (Lipinski definition) is 2. The summed E-state index contributed by atoms with van der Waals surface area (Å²) in [5.41, 5.74) is 3.25. The van der Waals surface area contributed by atoms with E-state index in [1.54, 1.807) is 16.8 Å². The maximum absolute atomic E-state index is 9.01. The van der Waals surface area contributed by atoms with Gasteiger partial charge in [-0.15, -0.1) is 0 Å². The van der Waals surface area contributed by atoms with Gasteiger partial charge in [0.15, 0.2) is 16.6 Å². The molecule has 0 fully saturated rings. The van der Waals surface area contributed by atoms with Crippen molar-refractivity contribution in [1.29, 1.82) is 5.41 Å². The van der Waals surface area contributed by atoms with Crippen molar-refractivity contribution < 1.29 is 9.52 Å². The van der Waals surface area contributed by atoms with Crippen LogP contribution in [0.3, 0.4) is 0 Å². The minimum atomic E-state index is -0.0164. The molecular formula is C15H14BrN3O2. The van der Waals surface area contributed by atoms with Crippen molar-refractivity contribution in [3.63, 3.8) is 0 Å². The Kier molecular flexibility index (Phi) is 3.65. The van der Waals surface area contributed by atoms with E-state index in [0.29, 0.717) is 23.5 Å². The minimum absolute atomic E-state index is 0.0164. The monoisotopic (exact) mass is 347 g/mol. The third kappa shape index (κ3) is 2.41. The molecule has 0 aliphatic carbocycles. The molecule has 5 nitrogen and oxygen atoms in total. The summed E-state index contributed by atoms with van der Waals surface area (Å²) in [6.07, 6.45) is 1.73. The van der Waals surface area contributed by atoms with Gasteiger partial charge < -0.3 is 14.1 Å². The van der Waals surface area contributed by atoms with Gasteiger partial charge in [0.25, 0.3) is 0 Å². The summed E-state index contributed by atoms with van der Waals surface area (Å²) >= 11 is 3.50. The lowest BCUT2D eigenvalue weighted by Crippen LogP contribution is -2.21. The van der Waals surface area contributed by atoms with Crippen molar-refractivity contribution in [2.24, 2.45) is 0 Å². The van der Waals surface area contributed by atoms with E-state index in [4.69, 9.17) is 14.9 Å². The topological polar surface area (TPSA) is 75.0 Å². The van der Waals surface area contributed by atoms with Gasteiger partial charge in [-0.1, -0.05) is 22.0 Å². The van der Waals surface area contributed by atoms with Gasteiger partial charge in [0.1, 0.15) is 0 Å². The number of benzene rings is 1. The summed E-state index contributed by atoms with van der Waals surface area (Å²) in [5.74, 6) is 0.499. The second-order valence-electron chi connectivity index (χ2n) is 4.73. The molecule has 0 aliphatic heterocycles. The molecule has 21 heavy (non-hydrogen) atoms. The SMILES string of the molecule is Cc1c(Br)cccc1-c1nc2c(=N)n(CCO)ccc2o1. The van der Waals surface area contributed by atoms with E-state index in [0.717, 1.165) is 15.6 Å². The molecule has 108 valence electrons. The van der Waals surface area contributed by atoms with Crippen LogP contribution >= 0.6 is 15.9 Å². The Morgan fingerprint density at radius 2 is 2.19 bits per heavy atom. The number of aliphatic hydroxyl groups is 1. The average Bonchev–Trinajstić information content (AvgIpc) is 2.90. The number of hydrogen-bond acceptors (Lipinski definition) is 4. The number of rotatable bonds is 3. The molecule has 6 heteroatoms. The Bertz CT molecular complexity index is 867. The van der Waals surface area contributed by atoms with E-state index >= 15 is 0 Å². The summed E-state index contributed by atoms with van der Waals surface area (Å²) < 4.78 is 8.41. The van der Waals surface area contributed by atoms with Crippen molar-refractivity contribution in [3.05, 3.63) is 46.0 Å². The third-order valence-electron chi connectivity index (χ3n) is 3.41. The fraction of sp³-hybridized carbons (Fsp3) is 0.200. The molecule has 1 aromatic carbocycles. The largest absolute Gasteiger partial charge is 0.436 e. The van der Waals surface area contributed by atoms with Gasteiger partial charge in [-0.25, -0.2) is 4.98 Å². The first-order valence-electron chi connectivity index (χ1n) is 6.52. The van der Waals surface area contributed by atoms with Crippen LogP contribution in [0.1, 0.15) is 5.56 Å². The quantitative estimate of drug-likeness (QED) is 0.764. The number of fused-ring (bicyclic) bond motifs is 1. The highest BCUT2D eigenvalue weighted by Crippen LogP contribution is 2.29. The van der Waals surface area contributed by atoms with E-state index < -0.39 is 0 Å². The van der Waals surface area contributed by atoms with Crippen molar-refractivity contribution in [2.75, 3.05) is 6.61 Å². The van der Waals surface area contributed by atoms with Crippen LogP contribution in [-0.2, 0) is 6.54 Å². The molecule has 2 aromatic heterocycles. The highest BCUT2D eigenvalue weighted by atomic mass is 79.9. The lowest BCUT2D eigenvalue weighted by molar-refractivity contribution is 0.273. The van der Waals surface area contributed by atoms with Gasteiger partial charge in [0.05, 0.1) is 6.61 Å². The fourth-order valence-electron chi connectivity index (χ4n) is 2.23. The van der Waals surface area contributed by atoms with Crippen LogP contribution in [0.2, 0.25) is 0 Å². The summed E-state index contributed by atoms with van der Waals surface area (Å²) in [6, 6.07) is 7.60. The molecule has 0 spiro atoms. The summed E-state index contributed by atoms with van der Waals surface area (Å²) in [4.78, 5) is 4.45. The second kappa shape index (κ2) is 5.46. The van der Waals surface area contributed by atoms with E-state index in [-0.39, 0.29) is 12.1 Å². The van der Waals surface area contributed by atoms with Gasteiger partial charge in [0.2, 0.25) is 5.89 Å². The molecular weight excluding hydrogens is 334 g/mol. The molecule has 0 aliphatic rings. The highest BCUT2D eigenvalue weighted by molar-refractivity contribution is 9.10. The first-order valence-corrected chi connectivity index (χ1v) is 7.32. The second-order valence-corrected chi connectivity index (χ2v) is 5.58. The van der Waals surface area contributed by atoms with Crippen LogP contribution in [0.5, 0.6) is 0 Å². The minimum Gasteiger partial charge on any atom is -0.436 e. The Morgan fingerprint density at radius 3 is 2.95 bits per heavy atom. The van der Waals surface area contributed by atoms with E-state index in [2.05, 4.69) is 20.9 Å². The maximum atomic E-state index is 9.01. The molecule has 3 aromatic rings. The zero-order valence-electron chi connectivity index (χ0n) is 11.4. The Balaban J connectivity index is 2.20. The summed E-state index contributed by atoms with van der Waals surface area (Å²) in [6.45, 7) is 2.34. The van der Waals surface area contributed by atoms with Crippen LogP contribution in [0.25, 0.3) is 22.6 Å². The molecule has 0 amide bonds. The number of pyridine rings is 1. The maximum Gasteiger partial charge on any atom is 0.227 e. The lowest BCUT2D eigenvalue weighted by Gasteiger charge is -2.02. The zero-order chi connectivity index (χ0) is 15.0. The molecule has 0 saturated carbocycles. The van der Waals surface area contributed by atoms with Crippen LogP contribution in [-0.4, -0.2) is 21.3 Å². The fourth-order valence-corrected chi connectivity index (χ4v) is 2.60. The normalized spacial score (nSPS) is 11.2. The van der Waals surface area contributed by atoms with Crippen molar-refractivity contribution >= 4 is 27.0 Å². The molecule has 0 radical (unpaired) electrons. The predicted molar refractivity (Wildman–Crippen MR) is 82.8 cm³/mol. The molecule has 0 unspecified atom stereocenters. The number of aliphatic hydroxyl groups excluding tert-OH is 1. The molecule has 0 bridgehead atoms. The Hall–Kier alpha value is -1.92. The Morgan fingerprint density at radius 1 is 1.38 bits per heavy atom. The van der Waals surface area contributed by atoms with Crippen LogP contribution in [0.15, 0.2) is 39.4 Å². The Labute approximate surface area is 129 Å². The van der Waals surface area contributed by atoms with Crippen LogP contribution in [0, 0.1) is 12.3 Å². The first-order chi connectivity index (χ1) is 10.1. The first kappa shape index (κ1) is 14.0. The van der Waals surface area contributed by atoms with Gasteiger partial charge in [-0.2, -0.15) is 0 Å². The third-order valence-corrected chi connectivity index (χ3v) is 4.27. The van der Waals surface area contributed by atoms with Gasteiger partial charge in [-0.3, -0.25) is 5.41 Å². The average molecular weight is 348 g/mol. The molecule has 0 atom stereocenters. The number of halogens is 1. The van der Waals surface area contributed by atoms with E-state index in [1.165, 1.54) is 0 Å². The highest BCUT2D eigenvalue weighted by Gasteiger charge is 2.13. The lowest BCUT2D eigenvalue weighted by atomic mass is 10.1. The van der Waals surface area contributed by atoms with E-state index in [1.807, 2.05) is 25.1 Å². The molecule has 2 heterocycles. The zero-order valence-corrected chi connectivity index (χ0v) is 13.0. The van der Waals surface area contributed by atoms with Crippen molar-refractivity contribution in [3.8, 4) is 11.5 Å². The number of aromatic nitrogens is 2. The predicted octanol–water partition coefficient (Wildman–Crippen LogP) is 2.84. The van der Waals surface area contributed by atoms with Gasteiger partial charge in [-0.05, 0) is 30.7 Å². The number of oxazole rings is 1. The molecule has 3 rings (SSSR count). The van der Waals surface area contributed by atoms with Crippen molar-refractivity contribution in [2.45, 2.75) is 13.5 Å². The van der Waals surface area contributed by atoms with E-state index in [9.17, 15) is 0 Å². The van der Waals surface area contributed by atoms with Gasteiger partial charge >= 0.3 is 0 Å². The standard InChI is InChI=1S/C15H14BrN3O2/c1-9-10(3-2-4-11(9)16)15-18-13-12(21-15)5-6-19(7-8-20)14(13)17/h2-6,17,20H,7-8H2,1H3. The smallest absolute Gasteiger partial charge is 0.227 e.